The predicted octanol–water partition coefficient (Wildman–Crippen LogP) is 5.09. The molecule has 1 amide bonds. The van der Waals surface area contributed by atoms with Crippen LogP contribution in [-0.2, 0) is 37.8 Å². The van der Waals surface area contributed by atoms with Crippen molar-refractivity contribution in [1.82, 2.24) is 13.9 Å². The molecular weight excluding hydrogens is 724 g/mol. The van der Waals surface area contributed by atoms with Gasteiger partial charge >= 0.3 is 0 Å². The Kier molecular flexibility index (Phi) is 12.6. The molecule has 1 N–H and O–H groups in total. The number of halogens is 1. The van der Waals surface area contributed by atoms with Gasteiger partial charge in [0, 0.05) is 56.4 Å². The lowest BCUT2D eigenvalue weighted by Gasteiger charge is -2.44. The number of aryl methyl sites for hydroxylation is 1. The van der Waals surface area contributed by atoms with Gasteiger partial charge in [-0.2, -0.15) is 4.31 Å². The van der Waals surface area contributed by atoms with Gasteiger partial charge in [-0.15, -0.1) is 0 Å². The van der Waals surface area contributed by atoms with Crippen LogP contribution in [0.4, 0.5) is 5.69 Å². The lowest BCUT2D eigenvalue weighted by Crippen LogP contribution is -2.49. The molecular formula is C38H53ClN4O7S2. The van der Waals surface area contributed by atoms with Gasteiger partial charge in [0.05, 0.1) is 29.9 Å². The Morgan fingerprint density at radius 1 is 1.00 bits per heavy atom. The number of hydrogen-bond donors (Lipinski definition) is 1. The highest BCUT2D eigenvalue weighted by Gasteiger charge is 2.39. The van der Waals surface area contributed by atoms with Gasteiger partial charge in [0.15, 0.2) is 0 Å². The smallest absolute Gasteiger partial charge is 0.264 e. The fourth-order valence-electron chi connectivity index (χ4n) is 7.75. The molecule has 286 valence electrons. The Morgan fingerprint density at radius 2 is 1.79 bits per heavy atom. The lowest BCUT2D eigenvalue weighted by molar-refractivity contribution is -0.0224. The van der Waals surface area contributed by atoms with Crippen LogP contribution in [0.3, 0.4) is 0 Å². The zero-order valence-corrected chi connectivity index (χ0v) is 32.9. The third-order valence-electron chi connectivity index (χ3n) is 11.5. The molecule has 0 unspecified atom stereocenters. The number of rotatable bonds is 5. The van der Waals surface area contributed by atoms with Crippen molar-refractivity contribution >= 4 is 43.2 Å². The zero-order chi connectivity index (χ0) is 37.0. The van der Waals surface area contributed by atoms with Crippen molar-refractivity contribution in [2.45, 2.75) is 70.3 Å². The molecule has 4 aliphatic rings. The maximum Gasteiger partial charge on any atom is 0.264 e. The van der Waals surface area contributed by atoms with Crippen molar-refractivity contribution in [2.75, 3.05) is 63.6 Å². The number of hydrogen-bond acceptors (Lipinski definition) is 9. The Bertz CT molecular complexity index is 1830. The molecule has 0 spiro atoms. The first-order valence-electron chi connectivity index (χ1n) is 18.6. The first kappa shape index (κ1) is 39.0. The van der Waals surface area contributed by atoms with Crippen LogP contribution in [-0.4, -0.2) is 102 Å². The Labute approximate surface area is 314 Å². The number of nitrogens with zero attached hydrogens (tertiary/aromatic N) is 3. The van der Waals surface area contributed by atoms with Gasteiger partial charge in [-0.3, -0.25) is 9.69 Å². The van der Waals surface area contributed by atoms with E-state index in [-0.39, 0.29) is 23.5 Å². The number of ether oxygens (including phenoxy) is 2. The van der Waals surface area contributed by atoms with E-state index in [1.165, 1.54) is 16.1 Å². The molecule has 6 rings (SSSR count). The van der Waals surface area contributed by atoms with Gasteiger partial charge in [0.25, 0.3) is 5.91 Å². The maximum atomic E-state index is 13.5. The summed E-state index contributed by atoms with van der Waals surface area (Å²) in [5, 5.41) is -0.102. The highest BCUT2D eigenvalue weighted by atomic mass is 35.5. The molecule has 0 aromatic heterocycles. The number of amides is 1. The third-order valence-corrected chi connectivity index (χ3v) is 14.9. The van der Waals surface area contributed by atoms with Crippen molar-refractivity contribution in [3.8, 4) is 5.75 Å². The van der Waals surface area contributed by atoms with E-state index in [1.54, 1.807) is 25.1 Å². The van der Waals surface area contributed by atoms with E-state index in [0.717, 1.165) is 56.4 Å². The molecule has 3 heterocycles. The van der Waals surface area contributed by atoms with Crippen molar-refractivity contribution in [3.05, 3.63) is 70.3 Å². The van der Waals surface area contributed by atoms with Crippen LogP contribution in [0.1, 0.15) is 67.4 Å². The van der Waals surface area contributed by atoms with Gasteiger partial charge < -0.3 is 14.4 Å². The number of fused-ring (bicyclic) bond motifs is 3. The second kappa shape index (κ2) is 16.8. The minimum absolute atomic E-state index is 0.145. The second-order valence-corrected chi connectivity index (χ2v) is 19.4. The molecule has 11 nitrogen and oxygen atoms in total. The van der Waals surface area contributed by atoms with E-state index in [4.69, 9.17) is 21.1 Å². The Hall–Kier alpha value is -2.68. The largest absolute Gasteiger partial charge is 0.487 e. The van der Waals surface area contributed by atoms with E-state index in [2.05, 4.69) is 20.6 Å². The molecule has 3 aliphatic heterocycles. The van der Waals surface area contributed by atoms with Gasteiger partial charge in [-0.1, -0.05) is 36.7 Å². The molecule has 52 heavy (non-hydrogen) atoms. The number of allylic oxidation sites excluding steroid dienone is 1. The van der Waals surface area contributed by atoms with Crippen LogP contribution in [0.15, 0.2) is 48.6 Å². The summed E-state index contributed by atoms with van der Waals surface area (Å²) in [6.45, 7) is 8.89. The molecule has 2 aromatic rings. The quantitative estimate of drug-likeness (QED) is 0.414. The first-order chi connectivity index (χ1) is 24.8. The molecule has 5 atom stereocenters. The fourth-order valence-corrected chi connectivity index (χ4v) is 10.1. The summed E-state index contributed by atoms with van der Waals surface area (Å²) >= 11 is 6.37. The monoisotopic (exact) mass is 776 g/mol. The Morgan fingerprint density at radius 3 is 2.52 bits per heavy atom. The molecule has 1 saturated carbocycles. The van der Waals surface area contributed by atoms with E-state index in [1.807, 2.05) is 31.2 Å². The number of carbonyl (C=O) groups excluding carboxylic acids is 1. The summed E-state index contributed by atoms with van der Waals surface area (Å²) in [6.07, 6.45) is 10.6. The van der Waals surface area contributed by atoms with Crippen LogP contribution in [0.5, 0.6) is 5.75 Å². The van der Waals surface area contributed by atoms with Gasteiger partial charge in [0.1, 0.15) is 12.4 Å². The van der Waals surface area contributed by atoms with Crippen LogP contribution in [0, 0.1) is 17.8 Å². The molecule has 0 radical (unpaired) electrons. The standard InChI is InChI=1S/C38H53ClN4O7S2/c1-27-7-6-9-36(49-22-21-41-17-19-43(20-18-41)51(3,45)46)34-14-11-31(34)25-42-16-5-4-8-29-23-33(39)13-10-32(29)26-50-37-15-12-30(24-35(37)42)38(44)40-52(47,48)28(27)2/h6,9-10,12-13,15,23-24,27-28,31,34,36H,4-5,7-8,11,14,16-22,25-26H2,1-3H3,(H,40,44)/b9-6+/t27-,28+,31-,34+,36-/m0/s1. The number of sulfonamides is 2. The fraction of sp³-hybridized carbons (Fsp3) is 0.605. The topological polar surface area (TPSA) is 126 Å². The average Bonchev–Trinajstić information content (AvgIpc) is 3.12. The lowest BCUT2D eigenvalue weighted by atomic mass is 9.70. The molecule has 2 bridgehead atoms. The SMILES string of the molecule is C[C@@H]1[C@@H](C)C/C=C/[C@H](OCCN2CCN(S(C)(=O)=O)CC2)[C@@H]2CC[C@H]2CN2CCCCc3cc(Cl)ccc3COc3ccc(cc32)C(=O)NS1(=O)=O. The summed E-state index contributed by atoms with van der Waals surface area (Å²) in [6, 6.07) is 11.1. The molecule has 2 aromatic carbocycles. The van der Waals surface area contributed by atoms with E-state index in [9.17, 15) is 21.6 Å². The molecule has 2 fully saturated rings. The van der Waals surface area contributed by atoms with Crippen LogP contribution >= 0.6 is 11.6 Å². The number of anilines is 1. The number of carbonyl (C=O) groups is 1. The summed E-state index contributed by atoms with van der Waals surface area (Å²) < 4.78 is 67.8. The number of benzene rings is 2. The van der Waals surface area contributed by atoms with E-state index < -0.39 is 31.2 Å². The molecule has 1 aliphatic carbocycles. The van der Waals surface area contributed by atoms with Crippen molar-refractivity contribution < 1.29 is 31.1 Å². The summed E-state index contributed by atoms with van der Waals surface area (Å²) in [7, 11) is -7.16. The highest BCUT2D eigenvalue weighted by molar-refractivity contribution is 7.90. The van der Waals surface area contributed by atoms with E-state index >= 15 is 0 Å². The van der Waals surface area contributed by atoms with Crippen LogP contribution in [0.2, 0.25) is 5.02 Å². The van der Waals surface area contributed by atoms with Crippen LogP contribution in [0.25, 0.3) is 0 Å². The maximum absolute atomic E-state index is 13.5. The highest BCUT2D eigenvalue weighted by Crippen LogP contribution is 2.42. The molecule has 14 heteroatoms. The minimum Gasteiger partial charge on any atom is -0.487 e. The van der Waals surface area contributed by atoms with Crippen molar-refractivity contribution in [1.29, 1.82) is 0 Å². The average molecular weight is 777 g/mol. The van der Waals surface area contributed by atoms with Gasteiger partial charge in [-0.25, -0.2) is 21.6 Å². The zero-order valence-electron chi connectivity index (χ0n) is 30.5. The third kappa shape index (κ3) is 9.51. The normalized spacial score (nSPS) is 28.6. The molecule has 1 saturated heterocycles. The second-order valence-electron chi connectivity index (χ2n) is 15.0. The van der Waals surface area contributed by atoms with Crippen molar-refractivity contribution in [2.24, 2.45) is 17.8 Å². The van der Waals surface area contributed by atoms with Crippen LogP contribution < -0.4 is 14.4 Å². The van der Waals surface area contributed by atoms with E-state index in [0.29, 0.717) is 69.0 Å². The first-order valence-corrected chi connectivity index (χ1v) is 22.4. The Balaban J connectivity index is 1.27. The minimum atomic E-state index is -3.96. The van der Waals surface area contributed by atoms with Gasteiger partial charge in [-0.05, 0) is 105 Å². The predicted molar refractivity (Wildman–Crippen MR) is 205 cm³/mol. The summed E-state index contributed by atoms with van der Waals surface area (Å²) in [5.41, 5.74) is 3.29. The van der Waals surface area contributed by atoms with Gasteiger partial charge in [0.2, 0.25) is 20.0 Å². The van der Waals surface area contributed by atoms with Crippen molar-refractivity contribution in [3.63, 3.8) is 0 Å². The number of piperazine rings is 1. The summed E-state index contributed by atoms with van der Waals surface area (Å²) in [4.78, 5) is 18.1. The summed E-state index contributed by atoms with van der Waals surface area (Å²) in [5.74, 6) is 0.357. The number of nitrogens with one attached hydrogen (secondary N) is 1.